The normalized spacial score (nSPS) is 26.7. The van der Waals surface area contributed by atoms with Crippen LogP contribution in [0.25, 0.3) is 11.3 Å². The number of aromatic nitrogens is 2. The van der Waals surface area contributed by atoms with Gasteiger partial charge >= 0.3 is 0 Å². The first-order valence-corrected chi connectivity index (χ1v) is 8.02. The zero-order valence-electron chi connectivity index (χ0n) is 13.2. The van der Waals surface area contributed by atoms with E-state index in [1.165, 1.54) is 0 Å². The maximum absolute atomic E-state index is 13.2. The Hall–Kier alpha value is -2.37. The summed E-state index contributed by atoms with van der Waals surface area (Å²) < 4.78 is 26.5. The number of fused-ring (bicyclic) bond motifs is 1. The fourth-order valence-electron chi connectivity index (χ4n) is 3.81. The number of hydrogen-bond donors (Lipinski definition) is 1. The summed E-state index contributed by atoms with van der Waals surface area (Å²) in [6, 6.07) is 9.23. The molecule has 2 aromatic rings. The molecule has 0 aliphatic heterocycles. The van der Waals surface area contributed by atoms with Crippen molar-refractivity contribution < 1.29 is 13.6 Å². The van der Waals surface area contributed by atoms with E-state index in [2.05, 4.69) is 15.5 Å². The molecule has 2 fully saturated rings. The van der Waals surface area contributed by atoms with Crippen LogP contribution in [0.2, 0.25) is 0 Å². The predicted octanol–water partition coefficient (Wildman–Crippen LogP) is 3.68. The van der Waals surface area contributed by atoms with Gasteiger partial charge in [-0.25, -0.2) is 8.78 Å². The number of carbonyl (C=O) groups excluding carboxylic acids is 1. The third-order valence-electron chi connectivity index (χ3n) is 5.06. The van der Waals surface area contributed by atoms with E-state index in [1.807, 2.05) is 31.2 Å². The van der Waals surface area contributed by atoms with E-state index >= 15 is 0 Å². The molecule has 2 aliphatic rings. The molecule has 4 nitrogen and oxygen atoms in total. The van der Waals surface area contributed by atoms with Gasteiger partial charge in [-0.1, -0.05) is 6.07 Å². The van der Waals surface area contributed by atoms with Crippen LogP contribution < -0.4 is 5.32 Å². The summed E-state index contributed by atoms with van der Waals surface area (Å²) in [7, 11) is 0. The highest BCUT2D eigenvalue weighted by Crippen LogP contribution is 2.62. The number of benzene rings is 1. The maximum Gasteiger partial charge on any atom is 0.248 e. The summed E-state index contributed by atoms with van der Waals surface area (Å²) in [5.41, 5.74) is 3.30. The fraction of sp³-hybridized carbons (Fsp3) is 0.389. The number of amides is 1. The molecule has 0 spiro atoms. The van der Waals surface area contributed by atoms with Gasteiger partial charge in [0.1, 0.15) is 0 Å². The van der Waals surface area contributed by atoms with Crippen LogP contribution in [0, 0.1) is 24.7 Å². The van der Waals surface area contributed by atoms with E-state index in [-0.39, 0.29) is 36.5 Å². The van der Waals surface area contributed by atoms with Crippen LogP contribution in [-0.4, -0.2) is 22.0 Å². The molecule has 1 aromatic heterocycles. The Morgan fingerprint density at radius 1 is 1.25 bits per heavy atom. The van der Waals surface area contributed by atoms with Gasteiger partial charge in [0, 0.05) is 36.2 Å². The Bertz CT molecular complexity index is 780. The van der Waals surface area contributed by atoms with Gasteiger partial charge in [-0.3, -0.25) is 4.79 Å². The number of hydrogen-bond acceptors (Lipinski definition) is 3. The predicted molar refractivity (Wildman–Crippen MR) is 85.5 cm³/mol. The van der Waals surface area contributed by atoms with Crippen molar-refractivity contribution in [2.45, 2.75) is 25.7 Å². The summed E-state index contributed by atoms with van der Waals surface area (Å²) >= 11 is 0. The van der Waals surface area contributed by atoms with Crippen molar-refractivity contribution in [1.82, 2.24) is 10.2 Å². The van der Waals surface area contributed by atoms with Crippen LogP contribution in [0.3, 0.4) is 0 Å². The molecule has 1 N–H and O–H groups in total. The first-order valence-electron chi connectivity index (χ1n) is 8.02. The highest BCUT2D eigenvalue weighted by molar-refractivity contribution is 5.95. The minimum Gasteiger partial charge on any atom is -0.326 e. The van der Waals surface area contributed by atoms with Crippen molar-refractivity contribution >= 4 is 11.6 Å². The second-order valence-electron chi connectivity index (χ2n) is 6.75. The molecule has 1 amide bonds. The van der Waals surface area contributed by atoms with Crippen molar-refractivity contribution in [3.8, 4) is 11.3 Å². The molecule has 0 saturated heterocycles. The lowest BCUT2D eigenvalue weighted by Crippen LogP contribution is -2.21. The second-order valence-corrected chi connectivity index (χ2v) is 6.75. The maximum atomic E-state index is 13.2. The Morgan fingerprint density at radius 3 is 2.67 bits per heavy atom. The van der Waals surface area contributed by atoms with Crippen LogP contribution in [0.5, 0.6) is 0 Å². The average molecular weight is 329 g/mol. The molecular weight excluding hydrogens is 312 g/mol. The Balaban J connectivity index is 1.49. The lowest BCUT2D eigenvalue weighted by Gasteiger charge is -2.14. The Labute approximate surface area is 138 Å². The van der Waals surface area contributed by atoms with Gasteiger partial charge in [-0.2, -0.15) is 10.2 Å². The van der Waals surface area contributed by atoms with Crippen LogP contribution >= 0.6 is 0 Å². The molecule has 0 bridgehead atoms. The van der Waals surface area contributed by atoms with E-state index in [9.17, 15) is 13.6 Å². The third-order valence-corrected chi connectivity index (χ3v) is 5.06. The van der Waals surface area contributed by atoms with Crippen molar-refractivity contribution in [2.24, 2.45) is 17.8 Å². The van der Waals surface area contributed by atoms with E-state index < -0.39 is 5.92 Å². The van der Waals surface area contributed by atoms with Crippen molar-refractivity contribution in [3.63, 3.8) is 0 Å². The topological polar surface area (TPSA) is 54.9 Å². The first kappa shape index (κ1) is 15.2. The van der Waals surface area contributed by atoms with Crippen molar-refractivity contribution in [3.05, 3.63) is 42.1 Å². The van der Waals surface area contributed by atoms with E-state index in [0.717, 1.165) is 16.8 Å². The van der Waals surface area contributed by atoms with Crippen LogP contribution in [0.15, 0.2) is 36.5 Å². The minimum absolute atomic E-state index is 0.158. The molecule has 1 heterocycles. The van der Waals surface area contributed by atoms with E-state index in [1.54, 1.807) is 12.3 Å². The molecule has 6 heteroatoms. The monoisotopic (exact) mass is 329 g/mol. The molecule has 24 heavy (non-hydrogen) atoms. The molecule has 124 valence electrons. The van der Waals surface area contributed by atoms with Gasteiger partial charge in [-0.15, -0.1) is 0 Å². The summed E-state index contributed by atoms with van der Waals surface area (Å²) in [4.78, 5) is 12.3. The lowest BCUT2D eigenvalue weighted by atomic mass is 10.0. The third kappa shape index (κ3) is 2.66. The van der Waals surface area contributed by atoms with Gasteiger partial charge in [0.15, 0.2) is 0 Å². The zero-order valence-corrected chi connectivity index (χ0v) is 13.2. The molecular formula is C18H17F2N3O. The fourth-order valence-corrected chi connectivity index (χ4v) is 3.81. The standard InChI is InChI=1S/C18H17F2N3O/c1-10-4-5-11(7-12(10)15-3-2-6-21-23-15)22-17(24)16-13-8-18(19,20)9-14(13)16/h2-7,13-14,16H,8-9H2,1H3,(H,22,24). The number of anilines is 1. The number of nitrogens with one attached hydrogen (secondary N) is 1. The molecule has 2 atom stereocenters. The molecule has 1 aromatic carbocycles. The molecule has 2 saturated carbocycles. The number of aryl methyl sites for hydroxylation is 1. The van der Waals surface area contributed by atoms with Gasteiger partial charge in [-0.05, 0) is 48.6 Å². The van der Waals surface area contributed by atoms with Crippen LogP contribution in [0.4, 0.5) is 14.5 Å². The Kier molecular flexibility index (Phi) is 3.37. The number of nitrogens with zero attached hydrogens (tertiary/aromatic N) is 2. The highest BCUT2D eigenvalue weighted by atomic mass is 19.3. The molecule has 2 aliphatic carbocycles. The van der Waals surface area contributed by atoms with E-state index in [0.29, 0.717) is 5.69 Å². The summed E-state index contributed by atoms with van der Waals surface area (Å²) in [5, 5.41) is 10.8. The lowest BCUT2D eigenvalue weighted by molar-refractivity contribution is -0.118. The van der Waals surface area contributed by atoms with Crippen LogP contribution in [-0.2, 0) is 4.79 Å². The van der Waals surface area contributed by atoms with Crippen molar-refractivity contribution in [2.75, 3.05) is 5.32 Å². The zero-order chi connectivity index (χ0) is 16.9. The second kappa shape index (κ2) is 5.33. The van der Waals surface area contributed by atoms with Gasteiger partial charge in [0.2, 0.25) is 11.8 Å². The average Bonchev–Trinajstić information content (AvgIpc) is 3.09. The quantitative estimate of drug-likeness (QED) is 0.934. The van der Waals surface area contributed by atoms with Gasteiger partial charge in [0.05, 0.1) is 5.69 Å². The van der Waals surface area contributed by atoms with Gasteiger partial charge < -0.3 is 5.32 Å². The van der Waals surface area contributed by atoms with E-state index in [4.69, 9.17) is 0 Å². The largest absolute Gasteiger partial charge is 0.326 e. The number of rotatable bonds is 3. The number of carbonyl (C=O) groups is 1. The molecule has 4 rings (SSSR count). The number of halogens is 2. The molecule has 0 radical (unpaired) electrons. The summed E-state index contributed by atoms with van der Waals surface area (Å²) in [6.07, 6.45) is 1.29. The highest BCUT2D eigenvalue weighted by Gasteiger charge is 2.65. The summed E-state index contributed by atoms with van der Waals surface area (Å²) in [6.45, 7) is 1.96. The number of alkyl halides is 2. The minimum atomic E-state index is -2.59. The van der Waals surface area contributed by atoms with Crippen molar-refractivity contribution in [1.29, 1.82) is 0 Å². The Morgan fingerprint density at radius 2 is 2.00 bits per heavy atom. The van der Waals surface area contributed by atoms with Gasteiger partial charge in [0.25, 0.3) is 0 Å². The summed E-state index contributed by atoms with van der Waals surface area (Å²) in [5.74, 6) is -3.34. The molecule has 2 unspecified atom stereocenters. The smallest absolute Gasteiger partial charge is 0.248 e. The van der Waals surface area contributed by atoms with Crippen LogP contribution in [0.1, 0.15) is 18.4 Å². The first-order chi connectivity index (χ1) is 11.4. The SMILES string of the molecule is Cc1ccc(NC(=O)C2C3CC(F)(F)CC32)cc1-c1cccnn1.